The van der Waals surface area contributed by atoms with Crippen molar-refractivity contribution < 1.29 is 11.0 Å². The Kier molecular flexibility index (Phi) is 5.46. The van der Waals surface area contributed by atoms with E-state index in [-0.39, 0.29) is 11.0 Å². The molecule has 0 bridgehead atoms. The molecular weight excluding hydrogens is 108 g/mol. The molecule has 0 atom stereocenters. The number of imidazole rings is 1. The van der Waals surface area contributed by atoms with Crippen LogP contribution in [-0.2, 0) is 18.0 Å². The van der Waals surface area contributed by atoms with Gasteiger partial charge in [-0.2, -0.15) is 0 Å². The Bertz CT molecular complexity index is 116. The first-order valence-corrected chi connectivity index (χ1v) is 1.81. The van der Waals surface area contributed by atoms with Crippen LogP contribution in [0.15, 0.2) is 18.7 Å². The molecule has 0 unspecified atom stereocenters. The fraction of sp³-hybridized carbons (Fsp3) is 0.250. The van der Waals surface area contributed by atoms with E-state index in [9.17, 15) is 0 Å². The second-order valence-corrected chi connectivity index (χ2v) is 1.23. The third-order valence-corrected chi connectivity index (χ3v) is 0.637. The Morgan fingerprint density at radius 3 is 2.12 bits per heavy atom. The summed E-state index contributed by atoms with van der Waals surface area (Å²) in [7, 11) is 1.94. The summed E-state index contributed by atoms with van der Waals surface area (Å²) < 4.78 is 1.89. The van der Waals surface area contributed by atoms with E-state index < -0.39 is 0 Å². The molecule has 0 fully saturated rings. The normalized spacial score (nSPS) is 6.62. The maximum atomic E-state index is 3.78. The molecule has 0 N–H and O–H groups in total. The quantitative estimate of drug-likeness (QED) is 0.474. The topological polar surface area (TPSA) is 74.8 Å². The van der Waals surface area contributed by atoms with Crippen LogP contribution in [0.2, 0.25) is 0 Å². The Balaban J connectivity index is 0. The summed E-state index contributed by atoms with van der Waals surface area (Å²) in [5.74, 6) is 0. The summed E-state index contributed by atoms with van der Waals surface area (Å²) in [5, 5.41) is 0. The first kappa shape index (κ1) is 10.2. The number of rotatable bonds is 0. The van der Waals surface area contributed by atoms with Crippen LogP contribution in [0.25, 0.3) is 0 Å². The van der Waals surface area contributed by atoms with Crippen molar-refractivity contribution in [2.75, 3.05) is 0 Å². The fourth-order valence-corrected chi connectivity index (χ4v) is 0.326. The molecular formula is C4H6N2O2. The first-order chi connectivity index (χ1) is 2.89. The predicted octanol–water partition coefficient (Wildman–Crippen LogP) is 0.182. The molecule has 4 radical (unpaired) electrons. The summed E-state index contributed by atoms with van der Waals surface area (Å²) in [5.41, 5.74) is 0. The van der Waals surface area contributed by atoms with Gasteiger partial charge >= 0.3 is 0 Å². The van der Waals surface area contributed by atoms with Gasteiger partial charge < -0.3 is 4.57 Å². The van der Waals surface area contributed by atoms with E-state index in [1.54, 1.807) is 12.5 Å². The van der Waals surface area contributed by atoms with Gasteiger partial charge in [0.15, 0.2) is 0 Å². The standard InChI is InChI=1S/C4H6N2.2O/c1-6-3-2-5-4-6;;/h2-4H,1H3;;. The molecule has 44 valence electrons. The molecule has 0 saturated heterocycles. The molecule has 8 heavy (non-hydrogen) atoms. The number of nitrogens with zero attached hydrogens (tertiary/aromatic N) is 2. The minimum atomic E-state index is 0. The Hall–Kier alpha value is -0.870. The van der Waals surface area contributed by atoms with Gasteiger partial charge in [0.25, 0.3) is 0 Å². The zero-order valence-electron chi connectivity index (χ0n) is 4.44. The molecule has 1 heterocycles. The van der Waals surface area contributed by atoms with Crippen molar-refractivity contribution in [3.8, 4) is 0 Å². The number of hydrogen-bond acceptors (Lipinski definition) is 1. The molecule has 1 aromatic heterocycles. The molecule has 0 aromatic carbocycles. The summed E-state index contributed by atoms with van der Waals surface area (Å²) >= 11 is 0. The average molecular weight is 114 g/mol. The van der Waals surface area contributed by atoms with Crippen LogP contribution < -0.4 is 0 Å². The molecule has 0 aliphatic rings. The third kappa shape index (κ3) is 2.33. The molecule has 0 saturated carbocycles. The second-order valence-electron chi connectivity index (χ2n) is 1.23. The van der Waals surface area contributed by atoms with E-state index in [4.69, 9.17) is 0 Å². The van der Waals surface area contributed by atoms with Crippen LogP contribution in [0.1, 0.15) is 0 Å². The second kappa shape index (κ2) is 4.29. The molecule has 0 aliphatic carbocycles. The lowest BCUT2D eigenvalue weighted by Crippen LogP contribution is -1.76. The predicted molar refractivity (Wildman–Crippen MR) is 24.6 cm³/mol. The molecule has 0 spiro atoms. The van der Waals surface area contributed by atoms with E-state index >= 15 is 0 Å². The van der Waals surface area contributed by atoms with Gasteiger partial charge in [0, 0.05) is 30.4 Å². The van der Waals surface area contributed by atoms with Crippen LogP contribution in [-0.4, -0.2) is 9.55 Å². The Labute approximate surface area is 47.4 Å². The molecule has 0 aliphatic heterocycles. The lowest BCUT2D eigenvalue weighted by atomic mass is 10.9. The fourth-order valence-electron chi connectivity index (χ4n) is 0.326. The Morgan fingerprint density at radius 1 is 1.38 bits per heavy atom. The zero-order valence-corrected chi connectivity index (χ0v) is 4.44. The van der Waals surface area contributed by atoms with Crippen LogP contribution in [0.4, 0.5) is 0 Å². The van der Waals surface area contributed by atoms with Gasteiger partial charge in [-0.1, -0.05) is 0 Å². The van der Waals surface area contributed by atoms with E-state index in [0.29, 0.717) is 0 Å². The van der Waals surface area contributed by atoms with Crippen LogP contribution in [0, 0.1) is 0 Å². The summed E-state index contributed by atoms with van der Waals surface area (Å²) in [4.78, 5) is 3.78. The van der Waals surface area contributed by atoms with E-state index in [1.165, 1.54) is 0 Å². The molecule has 4 nitrogen and oxygen atoms in total. The maximum absolute atomic E-state index is 3.78. The van der Waals surface area contributed by atoms with Gasteiger partial charge in [-0.25, -0.2) is 4.98 Å². The van der Waals surface area contributed by atoms with Gasteiger partial charge in [0.1, 0.15) is 0 Å². The van der Waals surface area contributed by atoms with Crippen molar-refractivity contribution in [2.45, 2.75) is 0 Å². The van der Waals surface area contributed by atoms with Gasteiger partial charge in [-0.15, -0.1) is 0 Å². The highest BCUT2D eigenvalue weighted by molar-refractivity contribution is 4.70. The van der Waals surface area contributed by atoms with Crippen molar-refractivity contribution in [3.05, 3.63) is 18.7 Å². The maximum Gasteiger partial charge on any atom is 0.0943 e. The smallest absolute Gasteiger partial charge is 0.0943 e. The molecule has 0 amide bonds. The van der Waals surface area contributed by atoms with Crippen molar-refractivity contribution >= 4 is 0 Å². The SMILES string of the molecule is Cn1ccnc1.[O].[O]. The van der Waals surface area contributed by atoms with E-state index in [1.807, 2.05) is 17.8 Å². The zero-order chi connectivity index (χ0) is 4.41. The molecule has 4 heteroatoms. The number of aromatic nitrogens is 2. The monoisotopic (exact) mass is 114 g/mol. The highest BCUT2D eigenvalue weighted by Gasteiger charge is 1.69. The molecule has 1 rings (SSSR count). The van der Waals surface area contributed by atoms with Crippen molar-refractivity contribution in [3.63, 3.8) is 0 Å². The lowest BCUT2D eigenvalue weighted by molar-refractivity contribution is 0.685. The average Bonchev–Trinajstić information content (AvgIpc) is 1.86. The van der Waals surface area contributed by atoms with Crippen LogP contribution in [0.3, 0.4) is 0 Å². The third-order valence-electron chi connectivity index (χ3n) is 0.637. The van der Waals surface area contributed by atoms with E-state index in [0.717, 1.165) is 0 Å². The van der Waals surface area contributed by atoms with Gasteiger partial charge in [-0.3, -0.25) is 0 Å². The van der Waals surface area contributed by atoms with Crippen LogP contribution >= 0.6 is 0 Å². The number of hydrogen-bond donors (Lipinski definition) is 0. The first-order valence-electron chi connectivity index (χ1n) is 1.81. The van der Waals surface area contributed by atoms with Crippen LogP contribution in [0.5, 0.6) is 0 Å². The van der Waals surface area contributed by atoms with Crippen molar-refractivity contribution in [1.82, 2.24) is 9.55 Å². The van der Waals surface area contributed by atoms with Gasteiger partial charge in [0.2, 0.25) is 0 Å². The summed E-state index contributed by atoms with van der Waals surface area (Å²) in [6.45, 7) is 0. The molecule has 1 aromatic rings. The highest BCUT2D eigenvalue weighted by Crippen LogP contribution is 1.73. The minimum absolute atomic E-state index is 0. The van der Waals surface area contributed by atoms with Gasteiger partial charge in [0.05, 0.1) is 6.33 Å². The van der Waals surface area contributed by atoms with Crippen molar-refractivity contribution in [1.29, 1.82) is 0 Å². The highest BCUT2D eigenvalue weighted by atomic mass is 16.0. The largest absolute Gasteiger partial charge is 0.341 e. The summed E-state index contributed by atoms with van der Waals surface area (Å²) in [6.07, 6.45) is 5.39. The van der Waals surface area contributed by atoms with E-state index in [2.05, 4.69) is 4.98 Å². The Morgan fingerprint density at radius 2 is 2.00 bits per heavy atom. The number of aryl methyl sites for hydroxylation is 1. The summed E-state index contributed by atoms with van der Waals surface area (Å²) in [6, 6.07) is 0. The van der Waals surface area contributed by atoms with Gasteiger partial charge in [-0.05, 0) is 0 Å². The minimum Gasteiger partial charge on any atom is -0.341 e. The lowest BCUT2D eigenvalue weighted by Gasteiger charge is -1.76. The van der Waals surface area contributed by atoms with Crippen molar-refractivity contribution in [2.24, 2.45) is 7.05 Å².